The van der Waals surface area contributed by atoms with Gasteiger partial charge in [0.1, 0.15) is 11.9 Å². The third-order valence-corrected chi connectivity index (χ3v) is 5.59. The smallest absolute Gasteiger partial charge is 0.380 e. The number of benzene rings is 1. The molecule has 1 aliphatic carbocycles. The molecule has 0 spiro atoms. The predicted molar refractivity (Wildman–Crippen MR) is 129 cm³/mol. The van der Waals surface area contributed by atoms with Crippen LogP contribution in [0.2, 0.25) is 0 Å². The molecular weight excluding hydrogens is 464 g/mol. The Morgan fingerprint density at radius 1 is 1.29 bits per heavy atom. The lowest BCUT2D eigenvalue weighted by molar-refractivity contribution is -0.131. The third kappa shape index (κ3) is 6.67. The summed E-state index contributed by atoms with van der Waals surface area (Å²) in [6.45, 7) is 3.84. The summed E-state index contributed by atoms with van der Waals surface area (Å²) in [5, 5.41) is 15.9. The van der Waals surface area contributed by atoms with Gasteiger partial charge < -0.3 is 20.6 Å². The number of anilines is 1. The van der Waals surface area contributed by atoms with Gasteiger partial charge in [0.15, 0.2) is 0 Å². The normalized spacial score (nSPS) is 15.6. The van der Waals surface area contributed by atoms with E-state index in [1.54, 1.807) is 18.2 Å². The van der Waals surface area contributed by atoms with E-state index < -0.39 is 23.3 Å². The number of aromatic nitrogens is 1. The Morgan fingerprint density at radius 2 is 2.00 bits per heavy atom. The Balaban J connectivity index is 1.96. The second kappa shape index (κ2) is 10.6. The number of allylic oxidation sites excluding steroid dienone is 1. The molecule has 1 amide bonds. The highest BCUT2D eigenvalue weighted by Gasteiger charge is 2.47. The molecule has 0 saturated heterocycles. The molecular formula is C25H28F4N4O2. The molecule has 0 bridgehead atoms. The van der Waals surface area contributed by atoms with Crippen LogP contribution in [0.5, 0.6) is 0 Å². The quantitative estimate of drug-likeness (QED) is 0.422. The van der Waals surface area contributed by atoms with E-state index in [1.165, 1.54) is 18.2 Å². The number of carbonyl (C=O) groups is 1. The number of nitrogens with zero attached hydrogens (tertiary/aromatic N) is 2. The minimum atomic E-state index is -4.70. The zero-order valence-corrected chi connectivity index (χ0v) is 19.5. The first-order chi connectivity index (χ1) is 16.4. The van der Waals surface area contributed by atoms with E-state index in [-0.39, 0.29) is 29.0 Å². The van der Waals surface area contributed by atoms with Gasteiger partial charge in [0, 0.05) is 41.7 Å². The molecule has 0 aliphatic heterocycles. The number of fused-ring (bicyclic) bond motifs is 1. The molecule has 188 valence electrons. The third-order valence-electron chi connectivity index (χ3n) is 5.59. The van der Waals surface area contributed by atoms with Crippen molar-refractivity contribution in [3.8, 4) is 0 Å². The summed E-state index contributed by atoms with van der Waals surface area (Å²) in [5.41, 5.74) is -1.87. The number of rotatable bonds is 10. The summed E-state index contributed by atoms with van der Waals surface area (Å²) in [5.74, 6) is -0.491. The second-order valence-electron chi connectivity index (χ2n) is 8.73. The van der Waals surface area contributed by atoms with Crippen molar-refractivity contribution in [2.75, 3.05) is 32.5 Å². The first-order valence-electron chi connectivity index (χ1n) is 11.0. The number of amides is 1. The van der Waals surface area contributed by atoms with Gasteiger partial charge in [-0.15, -0.1) is 0 Å². The number of nitrogens with one attached hydrogen (secondary N) is 2. The first-order valence-corrected chi connectivity index (χ1v) is 11.0. The lowest BCUT2D eigenvalue weighted by Crippen LogP contribution is -2.36. The summed E-state index contributed by atoms with van der Waals surface area (Å²) in [4.78, 5) is 17.9. The minimum Gasteiger partial charge on any atom is -0.380 e. The van der Waals surface area contributed by atoms with Crippen LogP contribution in [0.1, 0.15) is 30.7 Å². The highest BCUT2D eigenvalue weighted by atomic mass is 19.4. The van der Waals surface area contributed by atoms with Crippen molar-refractivity contribution in [2.24, 2.45) is 0 Å². The zero-order valence-electron chi connectivity index (χ0n) is 19.5. The van der Waals surface area contributed by atoms with Crippen molar-refractivity contribution in [2.45, 2.75) is 31.0 Å². The van der Waals surface area contributed by atoms with Crippen LogP contribution in [0.25, 0.3) is 22.4 Å². The van der Waals surface area contributed by atoms with Crippen molar-refractivity contribution < 1.29 is 27.5 Å². The van der Waals surface area contributed by atoms with Gasteiger partial charge >= 0.3 is 6.18 Å². The summed E-state index contributed by atoms with van der Waals surface area (Å²) >= 11 is 0. The molecule has 1 aromatic heterocycles. The van der Waals surface area contributed by atoms with E-state index in [0.29, 0.717) is 43.2 Å². The molecule has 6 nitrogen and oxygen atoms in total. The Bertz CT molecular complexity index is 1170. The lowest BCUT2D eigenvalue weighted by Gasteiger charge is -2.17. The molecule has 1 heterocycles. The van der Waals surface area contributed by atoms with Crippen molar-refractivity contribution in [1.82, 2.24) is 15.2 Å². The number of alkyl halides is 3. The summed E-state index contributed by atoms with van der Waals surface area (Å²) in [6, 6.07) is 6.29. The van der Waals surface area contributed by atoms with Gasteiger partial charge in [0.05, 0.1) is 17.0 Å². The minimum absolute atomic E-state index is 0.0651. The van der Waals surface area contributed by atoms with Crippen LogP contribution in [0.3, 0.4) is 0 Å². The fraction of sp³-hybridized carbons (Fsp3) is 0.360. The van der Waals surface area contributed by atoms with Crippen LogP contribution in [-0.2, 0) is 4.79 Å². The summed E-state index contributed by atoms with van der Waals surface area (Å²) < 4.78 is 54.1. The van der Waals surface area contributed by atoms with Gasteiger partial charge in [-0.25, -0.2) is 9.37 Å². The second-order valence-corrected chi connectivity index (χ2v) is 8.73. The first kappa shape index (κ1) is 26.4. The fourth-order valence-electron chi connectivity index (χ4n) is 3.36. The predicted octanol–water partition coefficient (Wildman–Crippen LogP) is 4.64. The van der Waals surface area contributed by atoms with Crippen molar-refractivity contribution in [3.63, 3.8) is 0 Å². The average molecular weight is 493 g/mol. The monoisotopic (exact) mass is 492 g/mol. The lowest BCUT2D eigenvalue weighted by atomic mass is 10.0. The van der Waals surface area contributed by atoms with Crippen molar-refractivity contribution >= 4 is 34.0 Å². The molecule has 2 aromatic rings. The molecule has 0 unspecified atom stereocenters. The molecule has 10 heteroatoms. The van der Waals surface area contributed by atoms with Crippen LogP contribution >= 0.6 is 0 Å². The molecule has 1 fully saturated rings. The maximum Gasteiger partial charge on any atom is 0.417 e. The van der Waals surface area contributed by atoms with Gasteiger partial charge in [-0.1, -0.05) is 24.8 Å². The molecule has 1 saturated carbocycles. The number of aliphatic hydroxyl groups is 1. The average Bonchev–Trinajstić information content (AvgIpc) is 3.56. The largest absolute Gasteiger partial charge is 0.417 e. The van der Waals surface area contributed by atoms with Crippen LogP contribution in [-0.4, -0.2) is 59.9 Å². The van der Waals surface area contributed by atoms with E-state index in [0.717, 1.165) is 0 Å². The van der Waals surface area contributed by atoms with Crippen LogP contribution in [0.15, 0.2) is 48.9 Å². The molecule has 3 N–H and O–H groups in total. The van der Waals surface area contributed by atoms with Gasteiger partial charge in [0.25, 0.3) is 5.91 Å². The number of pyridine rings is 1. The molecule has 0 atom stereocenters. The van der Waals surface area contributed by atoms with Crippen LogP contribution < -0.4 is 10.6 Å². The summed E-state index contributed by atoms with van der Waals surface area (Å²) in [7, 11) is 3.70. The number of hydrogen-bond acceptors (Lipinski definition) is 5. The van der Waals surface area contributed by atoms with Crippen LogP contribution in [0.4, 0.5) is 23.2 Å². The zero-order chi connectivity index (χ0) is 25.8. The molecule has 0 radical (unpaired) electrons. The van der Waals surface area contributed by atoms with Crippen molar-refractivity contribution in [1.29, 1.82) is 0 Å². The Morgan fingerprint density at radius 3 is 2.60 bits per heavy atom. The van der Waals surface area contributed by atoms with Gasteiger partial charge in [-0.05, 0) is 45.1 Å². The molecule has 1 aromatic carbocycles. The SMILES string of the molecule is C=C(c1nc(/C=C/CNC(=O)C2(O)CC2)cc2c(N/C(=C\F)CCN(C)C)cccc12)C(F)(F)F. The standard InChI is InChI=1S/C25H28F4N4O2/c1-16(25(27,28)29)22-19-7-4-8-21(31-18(15-26)9-13-33(2)3)20(19)14-17(32-22)6-5-12-30-23(34)24(35)10-11-24/h4-8,14-15,31,35H,1,9-13H2,2-3H3,(H,30,34)/b6-5+,18-15-. The Kier molecular flexibility index (Phi) is 7.97. The molecule has 3 rings (SSSR count). The Hall–Kier alpha value is -3.24. The highest BCUT2D eigenvalue weighted by Crippen LogP contribution is 2.37. The van der Waals surface area contributed by atoms with E-state index in [2.05, 4.69) is 22.2 Å². The van der Waals surface area contributed by atoms with E-state index in [4.69, 9.17) is 0 Å². The Labute approximate surface area is 201 Å². The number of carbonyl (C=O) groups excluding carboxylic acids is 1. The summed E-state index contributed by atoms with van der Waals surface area (Å²) in [6.07, 6.45) is -0.0947. The van der Waals surface area contributed by atoms with E-state index in [9.17, 15) is 27.5 Å². The van der Waals surface area contributed by atoms with E-state index in [1.807, 2.05) is 19.0 Å². The van der Waals surface area contributed by atoms with Gasteiger partial charge in [-0.2, -0.15) is 13.2 Å². The maximum absolute atomic E-state index is 13.5. The number of halogens is 4. The van der Waals surface area contributed by atoms with Crippen LogP contribution in [0, 0.1) is 0 Å². The van der Waals surface area contributed by atoms with Gasteiger partial charge in [0.2, 0.25) is 0 Å². The number of hydrogen-bond donors (Lipinski definition) is 3. The fourth-order valence-corrected chi connectivity index (χ4v) is 3.36. The maximum atomic E-state index is 13.5. The topological polar surface area (TPSA) is 77.5 Å². The van der Waals surface area contributed by atoms with Gasteiger partial charge in [-0.3, -0.25) is 4.79 Å². The molecule has 1 aliphatic rings. The molecule has 35 heavy (non-hydrogen) atoms. The highest BCUT2D eigenvalue weighted by molar-refractivity contribution is 6.01. The van der Waals surface area contributed by atoms with E-state index >= 15 is 0 Å². The van der Waals surface area contributed by atoms with Crippen molar-refractivity contribution in [3.05, 3.63) is 60.3 Å².